The zero-order chi connectivity index (χ0) is 74.2. The molecular formula is C64H91N12O26. The van der Waals surface area contributed by atoms with Gasteiger partial charge in [-0.2, -0.15) is 0 Å². The first-order chi connectivity index (χ1) is 48.7. The van der Waals surface area contributed by atoms with Gasteiger partial charge in [0.25, 0.3) is 0 Å². The fourth-order valence-electron chi connectivity index (χ4n) is 12.1. The van der Waals surface area contributed by atoms with E-state index in [0.717, 1.165) is 16.9 Å². The third kappa shape index (κ3) is 19.5. The van der Waals surface area contributed by atoms with Gasteiger partial charge < -0.3 is 153 Å². The van der Waals surface area contributed by atoms with Crippen LogP contribution in [0.3, 0.4) is 0 Å². The highest BCUT2D eigenvalue weighted by molar-refractivity contribution is 5.97. The van der Waals surface area contributed by atoms with E-state index >= 15 is 9.59 Å². The van der Waals surface area contributed by atoms with E-state index in [1.54, 1.807) is 61.5 Å². The molecule has 5 fully saturated rings. The van der Waals surface area contributed by atoms with Crippen molar-refractivity contribution < 1.29 is 128 Å². The molecule has 1 radical (unpaired) electrons. The summed E-state index contributed by atoms with van der Waals surface area (Å²) in [5.74, 6) is -7.14. The summed E-state index contributed by atoms with van der Waals surface area (Å²) >= 11 is 0. The number of aliphatic hydroxyl groups excluding tert-OH is 13. The number of benzene rings is 3. The molecule has 25 N–H and O–H groups in total. The number of guanidine groups is 2. The highest BCUT2D eigenvalue weighted by atomic mass is 16.7. The Morgan fingerprint density at radius 3 is 1.88 bits per heavy atom. The summed E-state index contributed by atoms with van der Waals surface area (Å²) in [5, 5.41) is 179. The van der Waals surface area contributed by atoms with Gasteiger partial charge in [-0.05, 0) is 47.4 Å². The maximum absolute atomic E-state index is 15.2. The Labute approximate surface area is 583 Å². The molecule has 102 heavy (non-hydrogen) atoms. The Balaban J connectivity index is 1.03. The van der Waals surface area contributed by atoms with Crippen LogP contribution in [0, 0.1) is 10.8 Å². The molecule has 5 heterocycles. The normalized spacial score (nSPS) is 30.3. The van der Waals surface area contributed by atoms with Crippen LogP contribution in [0.25, 0.3) is 0 Å². The van der Waals surface area contributed by atoms with Gasteiger partial charge in [-0.25, -0.2) is 0 Å². The molecule has 38 nitrogen and oxygen atoms in total. The van der Waals surface area contributed by atoms with Crippen LogP contribution in [0.15, 0.2) is 78.9 Å². The van der Waals surface area contributed by atoms with Gasteiger partial charge in [0.05, 0.1) is 58.3 Å². The van der Waals surface area contributed by atoms with Gasteiger partial charge in [0.1, 0.15) is 127 Å². The van der Waals surface area contributed by atoms with Crippen LogP contribution < -0.4 is 57.7 Å². The van der Waals surface area contributed by atoms with Crippen LogP contribution in [0.2, 0.25) is 0 Å². The Bertz CT molecular complexity index is 3260. The lowest BCUT2D eigenvalue weighted by Gasteiger charge is -2.46. The lowest BCUT2D eigenvalue weighted by Crippen LogP contribution is -2.69. The third-order valence-electron chi connectivity index (χ3n) is 17.9. The second-order valence-electron chi connectivity index (χ2n) is 25.1. The minimum Gasteiger partial charge on any atom is -0.494 e. The van der Waals surface area contributed by atoms with Crippen molar-refractivity contribution >= 4 is 47.7 Å². The second kappa shape index (κ2) is 37.0. The van der Waals surface area contributed by atoms with Gasteiger partial charge in [0, 0.05) is 25.4 Å². The van der Waals surface area contributed by atoms with Crippen molar-refractivity contribution in [1.29, 1.82) is 10.8 Å². The van der Waals surface area contributed by atoms with Crippen molar-refractivity contribution in [3.8, 4) is 11.5 Å². The first kappa shape index (κ1) is 79.8. The van der Waals surface area contributed by atoms with Crippen LogP contribution in [-0.4, -0.2) is 318 Å². The molecule has 25 atom stereocenters. The second-order valence-corrected chi connectivity index (χ2v) is 25.1. The lowest BCUT2D eigenvalue weighted by atomic mass is 9.92. The van der Waals surface area contributed by atoms with E-state index in [9.17, 15) is 85.6 Å². The Kier molecular flexibility index (Phi) is 28.9. The molecule has 8 rings (SSSR count). The first-order valence-corrected chi connectivity index (χ1v) is 32.9. The molecule has 0 aromatic heterocycles. The first-order valence-electron chi connectivity index (χ1n) is 32.9. The molecular weight excluding hydrogens is 1350 g/mol. The van der Waals surface area contributed by atoms with Crippen molar-refractivity contribution in [3.63, 3.8) is 0 Å². The highest BCUT2D eigenvalue weighted by Crippen LogP contribution is 2.33. The molecule has 0 aliphatic carbocycles. The number of aliphatic hydroxyl groups is 13. The number of hydrogen-bond acceptors (Lipinski definition) is 29. The number of amides is 5. The molecule has 0 spiro atoms. The predicted molar refractivity (Wildman–Crippen MR) is 348 cm³/mol. The quantitative estimate of drug-likeness (QED) is 0.0264. The Morgan fingerprint density at radius 1 is 0.657 bits per heavy atom. The number of rotatable bonds is 34. The third-order valence-corrected chi connectivity index (χ3v) is 17.9. The molecule has 3 aromatic rings. The summed E-state index contributed by atoms with van der Waals surface area (Å²) in [4.78, 5) is 84.9. The summed E-state index contributed by atoms with van der Waals surface area (Å²) in [7, 11) is 0. The number of nitrogens with two attached hydrogens (primary N) is 1. The summed E-state index contributed by atoms with van der Waals surface area (Å²) in [6.07, 6.45) is -29.4. The average molecular weight is 1440 g/mol. The van der Waals surface area contributed by atoms with Crippen LogP contribution in [0.4, 0.5) is 0 Å². The molecule has 0 saturated carbocycles. The lowest BCUT2D eigenvalue weighted by molar-refractivity contribution is -0.353. The van der Waals surface area contributed by atoms with Crippen LogP contribution in [0.1, 0.15) is 42.9 Å². The number of nitrogens with one attached hydrogen (secondary N) is 10. The van der Waals surface area contributed by atoms with Crippen LogP contribution in [0.5, 0.6) is 11.5 Å². The smallest absolute Gasteiger partial charge is 0.246 e. The fraction of sp³-hybridized carbons (Fsp3) is 0.594. The van der Waals surface area contributed by atoms with Gasteiger partial charge >= 0.3 is 0 Å². The van der Waals surface area contributed by atoms with E-state index in [-0.39, 0.29) is 37.0 Å². The van der Waals surface area contributed by atoms with Crippen molar-refractivity contribution in [2.45, 2.75) is 186 Å². The van der Waals surface area contributed by atoms with E-state index in [0.29, 0.717) is 17.9 Å². The zero-order valence-electron chi connectivity index (χ0n) is 55.4. The molecule has 38 heteroatoms. The largest absolute Gasteiger partial charge is 0.494 e. The van der Waals surface area contributed by atoms with Crippen LogP contribution in [-0.2, 0) is 65.5 Å². The molecule has 3 aromatic carbocycles. The van der Waals surface area contributed by atoms with Crippen molar-refractivity contribution in [3.05, 3.63) is 95.6 Å². The van der Waals surface area contributed by atoms with Crippen molar-refractivity contribution in [1.82, 2.24) is 47.4 Å². The molecule has 0 bridgehead atoms. The summed E-state index contributed by atoms with van der Waals surface area (Å²) < 4.78 is 40.5. The van der Waals surface area contributed by atoms with Gasteiger partial charge in [0.2, 0.25) is 42.1 Å². The molecule has 5 amide bonds. The van der Waals surface area contributed by atoms with E-state index < -0.39 is 227 Å². The SMILES string of the molecule is CCCOc1ccc(COCC2OC(OC3C(CO)OC(Oc4ccc(C[C@H](NC(=O)[C@@H](NC(=O)CN)C(C)c5ccccc5)C(=O)N[C@H](C(=O)N[C@H](C(=O)N[C@H]([C]=O)CO)C(O)C5CNC(=N)N5C5OC(CO)C(O)C(O)C5O)C(O)C5CNC(=N)N5)cc4)C(O)C3O)C(O)C(O)C2O)cc1. The van der Waals surface area contributed by atoms with E-state index in [1.165, 1.54) is 30.6 Å². The molecule has 563 valence electrons. The Morgan fingerprint density at radius 2 is 1.25 bits per heavy atom. The van der Waals surface area contributed by atoms with Crippen molar-refractivity contribution in [2.75, 3.05) is 52.7 Å². The highest BCUT2D eigenvalue weighted by Gasteiger charge is 2.54. The number of nitrogens with zero attached hydrogens (tertiary/aromatic N) is 1. The van der Waals surface area contributed by atoms with Gasteiger partial charge in [-0.1, -0.05) is 68.4 Å². The minimum absolute atomic E-state index is 0.0472. The van der Waals surface area contributed by atoms with Gasteiger partial charge in [-0.3, -0.25) is 39.6 Å². The molecule has 20 unspecified atom stereocenters. The number of carbonyl (C=O) groups excluding carboxylic acids is 6. The van der Waals surface area contributed by atoms with Gasteiger partial charge in [0.15, 0.2) is 24.4 Å². The topological polar surface area (TPSA) is 603 Å². The number of carbonyl (C=O) groups is 5. The fourth-order valence-corrected chi connectivity index (χ4v) is 12.1. The standard InChI is InChI=1S/C64H91N12O26/c1-3-17-97-33-13-11-30(12-14-33)26-96-27-40-48(85)50(87)53(90)62(101-40)102-55-39(25-80)100-61(54(91)51(55)88)98-34-15-9-29(10-16-34)18-35(71-57(93)42(73-41(81)19-65)28(2)31-7-5-4-6-8-31)56(92)74-43(45(82)36-20-68-63(66)72-36)59(95)75-44(58(94)70-32(22-77)23-78)46(83)37-21-69-64(67)76(37)60-52(89)49(86)47(84)38(24-79)99-60/h4-16,28,32,35-40,42-55,60-62,77,79-80,82-91H,3,17-22,24-27,65H2,1-2H3,(H2,67,69)(H,70,94)(H,71,93)(H,73,81)(H,74,92)(H,75,95)(H3,66,68,72)/t28?,32-,35-,36?,37?,38?,39?,40?,42-,43-,44-,45?,46?,47?,48?,49?,50?,51?,52?,53?,54?,55?,60?,61?,62?/m0/s1. The zero-order valence-corrected chi connectivity index (χ0v) is 55.4. The summed E-state index contributed by atoms with van der Waals surface area (Å²) in [6.45, 7) is -0.357. The minimum atomic E-state index is -2.33. The molecule has 5 aliphatic rings. The maximum Gasteiger partial charge on any atom is 0.246 e. The molecule has 5 saturated heterocycles. The van der Waals surface area contributed by atoms with E-state index in [2.05, 4.69) is 42.5 Å². The average Bonchev–Trinajstić information content (AvgIpc) is 1.39. The number of hydrogen-bond donors (Lipinski definition) is 24. The maximum atomic E-state index is 15.2. The van der Waals surface area contributed by atoms with E-state index in [1.807, 2.05) is 6.92 Å². The summed E-state index contributed by atoms with van der Waals surface area (Å²) in [6, 6.07) is 8.16. The van der Waals surface area contributed by atoms with Gasteiger partial charge in [-0.15, -0.1) is 0 Å². The summed E-state index contributed by atoms with van der Waals surface area (Å²) in [5.41, 5.74) is 7.16. The van der Waals surface area contributed by atoms with Crippen molar-refractivity contribution in [2.24, 2.45) is 5.73 Å². The van der Waals surface area contributed by atoms with E-state index in [4.69, 9.17) is 49.7 Å². The Hall–Kier alpha value is -7.94. The van der Waals surface area contributed by atoms with Crippen LogP contribution >= 0.6 is 0 Å². The number of ether oxygens (including phenoxy) is 7. The molecule has 5 aliphatic heterocycles. The predicted octanol–water partition coefficient (Wildman–Crippen LogP) is -10.2. The monoisotopic (exact) mass is 1440 g/mol.